The molecule has 0 unspecified atom stereocenters. The average molecular weight is 310 g/mol. The molecule has 2 aromatic rings. The van der Waals surface area contributed by atoms with Crippen molar-refractivity contribution in [1.29, 1.82) is 0 Å². The molecule has 0 saturated carbocycles. The number of benzene rings is 2. The van der Waals surface area contributed by atoms with E-state index in [1.165, 1.54) is 0 Å². The molecule has 0 atom stereocenters. The van der Waals surface area contributed by atoms with Gasteiger partial charge in [0, 0.05) is 12.0 Å². The molecule has 0 heterocycles. The number of rotatable bonds is 4. The van der Waals surface area contributed by atoms with E-state index < -0.39 is 11.4 Å². The molecule has 4 heteroatoms. The summed E-state index contributed by atoms with van der Waals surface area (Å²) in [7, 11) is 0. The van der Waals surface area contributed by atoms with Crippen molar-refractivity contribution in [3.8, 4) is 5.75 Å². The first kappa shape index (κ1) is 15.3. The number of carbonyl (C=O) groups excluding carboxylic acids is 2. The molecule has 4 nitrogen and oxygen atoms in total. The van der Waals surface area contributed by atoms with Gasteiger partial charge < -0.3 is 0 Å². The standard InChI is InChI=1S/C19H18O4/c1-19(2,18(21)23-22-13-7-4-3-5-8-13)16-10-6-9-15-14(16)11-12-17(15)20/h3-10H,11-12H2,1-2H3. The van der Waals surface area contributed by atoms with Crippen LogP contribution in [0.25, 0.3) is 0 Å². The topological polar surface area (TPSA) is 52.6 Å². The molecule has 0 aromatic heterocycles. The maximum Gasteiger partial charge on any atom is 0.365 e. The van der Waals surface area contributed by atoms with E-state index in [1.54, 1.807) is 38.1 Å². The summed E-state index contributed by atoms with van der Waals surface area (Å²) in [6.07, 6.45) is 1.17. The zero-order valence-electron chi connectivity index (χ0n) is 13.2. The molecule has 0 saturated heterocycles. The minimum atomic E-state index is -0.898. The Morgan fingerprint density at radius 3 is 2.48 bits per heavy atom. The predicted octanol–water partition coefficient (Wildman–Crippen LogP) is 3.63. The van der Waals surface area contributed by atoms with Crippen molar-refractivity contribution in [3.63, 3.8) is 0 Å². The van der Waals surface area contributed by atoms with Gasteiger partial charge in [0.2, 0.25) is 0 Å². The highest BCUT2D eigenvalue weighted by Gasteiger charge is 2.37. The van der Waals surface area contributed by atoms with E-state index in [4.69, 9.17) is 9.78 Å². The third-order valence-electron chi connectivity index (χ3n) is 4.22. The molecule has 0 aliphatic heterocycles. The van der Waals surface area contributed by atoms with Crippen LogP contribution in [0.1, 0.15) is 41.8 Å². The molecule has 23 heavy (non-hydrogen) atoms. The second-order valence-electron chi connectivity index (χ2n) is 6.15. The van der Waals surface area contributed by atoms with Gasteiger partial charge in [0.15, 0.2) is 11.5 Å². The number of Topliss-reactive ketones (excluding diaryl/α,β-unsaturated/α-hetero) is 1. The van der Waals surface area contributed by atoms with E-state index in [0.29, 0.717) is 24.2 Å². The smallest absolute Gasteiger partial charge is 0.294 e. The number of carbonyl (C=O) groups is 2. The molecule has 118 valence electrons. The van der Waals surface area contributed by atoms with E-state index in [1.807, 2.05) is 24.3 Å². The Kier molecular flexibility index (Phi) is 3.90. The first-order chi connectivity index (χ1) is 11.0. The Labute approximate surface area is 135 Å². The van der Waals surface area contributed by atoms with Gasteiger partial charge in [-0.2, -0.15) is 0 Å². The van der Waals surface area contributed by atoms with E-state index in [9.17, 15) is 9.59 Å². The largest absolute Gasteiger partial charge is 0.365 e. The van der Waals surface area contributed by atoms with Crippen LogP contribution in [0.3, 0.4) is 0 Å². The van der Waals surface area contributed by atoms with Crippen LogP contribution in [0.15, 0.2) is 48.5 Å². The third-order valence-corrected chi connectivity index (χ3v) is 4.22. The normalized spacial score (nSPS) is 13.6. The van der Waals surface area contributed by atoms with Crippen LogP contribution in [0.5, 0.6) is 5.75 Å². The summed E-state index contributed by atoms with van der Waals surface area (Å²) >= 11 is 0. The molecular formula is C19H18O4. The molecule has 3 rings (SSSR count). The summed E-state index contributed by atoms with van der Waals surface area (Å²) < 4.78 is 0. The van der Waals surface area contributed by atoms with E-state index >= 15 is 0 Å². The molecule has 0 amide bonds. The summed E-state index contributed by atoms with van der Waals surface area (Å²) in [6.45, 7) is 3.56. The zero-order chi connectivity index (χ0) is 16.4. The van der Waals surface area contributed by atoms with Crippen LogP contribution in [-0.2, 0) is 21.5 Å². The van der Waals surface area contributed by atoms with Crippen molar-refractivity contribution in [1.82, 2.24) is 0 Å². The van der Waals surface area contributed by atoms with Crippen molar-refractivity contribution in [2.45, 2.75) is 32.1 Å². The lowest BCUT2D eigenvalue weighted by molar-refractivity contribution is -0.219. The van der Waals surface area contributed by atoms with Crippen molar-refractivity contribution in [2.24, 2.45) is 0 Å². The molecule has 0 fully saturated rings. The van der Waals surface area contributed by atoms with Gasteiger partial charge in [-0.05, 0) is 43.5 Å². The fourth-order valence-electron chi connectivity index (χ4n) is 2.85. The minimum Gasteiger partial charge on any atom is -0.294 e. The van der Waals surface area contributed by atoms with Gasteiger partial charge in [0.25, 0.3) is 0 Å². The van der Waals surface area contributed by atoms with Crippen LogP contribution in [0, 0.1) is 0 Å². The third kappa shape index (κ3) is 2.84. The monoisotopic (exact) mass is 310 g/mol. The number of fused-ring (bicyclic) bond motifs is 1. The Balaban J connectivity index is 1.81. The van der Waals surface area contributed by atoms with Crippen LogP contribution < -0.4 is 4.89 Å². The number of hydrogen-bond acceptors (Lipinski definition) is 4. The predicted molar refractivity (Wildman–Crippen MR) is 85.3 cm³/mol. The van der Waals surface area contributed by atoms with Crippen molar-refractivity contribution in [2.75, 3.05) is 0 Å². The van der Waals surface area contributed by atoms with Gasteiger partial charge in [0.05, 0.1) is 5.41 Å². The van der Waals surface area contributed by atoms with Crippen LogP contribution in [0.2, 0.25) is 0 Å². The van der Waals surface area contributed by atoms with E-state index in [-0.39, 0.29) is 5.78 Å². The highest BCUT2D eigenvalue weighted by molar-refractivity contribution is 6.01. The molecule has 0 spiro atoms. The van der Waals surface area contributed by atoms with Gasteiger partial charge in [-0.15, -0.1) is 0 Å². The van der Waals surface area contributed by atoms with E-state index in [0.717, 1.165) is 11.1 Å². The Morgan fingerprint density at radius 2 is 1.74 bits per heavy atom. The SMILES string of the molecule is CC(C)(C(=O)OOc1ccccc1)c1cccc2c1CCC2=O. The number of hydrogen-bond donors (Lipinski definition) is 0. The first-order valence-electron chi connectivity index (χ1n) is 7.59. The fraction of sp³-hybridized carbons (Fsp3) is 0.263. The van der Waals surface area contributed by atoms with Gasteiger partial charge in [0.1, 0.15) is 0 Å². The van der Waals surface area contributed by atoms with E-state index in [2.05, 4.69) is 0 Å². The van der Waals surface area contributed by atoms with Crippen molar-refractivity contribution < 1.29 is 19.4 Å². The summed E-state index contributed by atoms with van der Waals surface area (Å²) in [4.78, 5) is 34.5. The molecule has 1 aliphatic carbocycles. The lowest BCUT2D eigenvalue weighted by Crippen LogP contribution is -2.33. The molecule has 2 aromatic carbocycles. The summed E-state index contributed by atoms with van der Waals surface area (Å²) in [5.41, 5.74) is 1.58. The molecule has 0 bridgehead atoms. The Hall–Kier alpha value is -2.62. The fourth-order valence-corrected chi connectivity index (χ4v) is 2.85. The molecule has 1 aliphatic rings. The number of ketones is 1. The molecular weight excluding hydrogens is 292 g/mol. The Bertz CT molecular complexity index is 747. The van der Waals surface area contributed by atoms with Crippen molar-refractivity contribution in [3.05, 3.63) is 65.2 Å². The summed E-state index contributed by atoms with van der Waals surface area (Å²) in [5.74, 6) is 0.103. The second-order valence-corrected chi connectivity index (χ2v) is 6.15. The van der Waals surface area contributed by atoms with Gasteiger partial charge in [-0.3, -0.25) is 9.68 Å². The molecule has 0 radical (unpaired) electrons. The maximum absolute atomic E-state index is 12.5. The lowest BCUT2D eigenvalue weighted by Gasteiger charge is -2.24. The van der Waals surface area contributed by atoms with Crippen LogP contribution >= 0.6 is 0 Å². The van der Waals surface area contributed by atoms with Gasteiger partial charge in [-0.25, -0.2) is 9.68 Å². The molecule has 0 N–H and O–H groups in total. The summed E-state index contributed by atoms with van der Waals surface area (Å²) in [6, 6.07) is 14.4. The maximum atomic E-state index is 12.5. The van der Waals surface area contributed by atoms with Gasteiger partial charge in [-0.1, -0.05) is 36.4 Å². The first-order valence-corrected chi connectivity index (χ1v) is 7.59. The zero-order valence-corrected chi connectivity index (χ0v) is 13.2. The van der Waals surface area contributed by atoms with Crippen LogP contribution in [-0.4, -0.2) is 11.8 Å². The highest BCUT2D eigenvalue weighted by Crippen LogP contribution is 2.34. The van der Waals surface area contributed by atoms with Crippen LogP contribution in [0.4, 0.5) is 0 Å². The second kappa shape index (κ2) is 5.88. The lowest BCUT2D eigenvalue weighted by atomic mass is 9.81. The highest BCUT2D eigenvalue weighted by atomic mass is 17.2. The Morgan fingerprint density at radius 1 is 1.00 bits per heavy atom. The summed E-state index contributed by atoms with van der Waals surface area (Å²) in [5, 5.41) is 0. The van der Waals surface area contributed by atoms with Crippen molar-refractivity contribution >= 4 is 11.8 Å². The quantitative estimate of drug-likeness (QED) is 0.639. The van der Waals surface area contributed by atoms with Gasteiger partial charge >= 0.3 is 5.97 Å². The average Bonchev–Trinajstić information content (AvgIpc) is 2.95. The minimum absolute atomic E-state index is 0.131. The number of para-hydroxylation sites is 1.